The van der Waals surface area contributed by atoms with Gasteiger partial charge in [-0.1, -0.05) is 25.4 Å². The van der Waals surface area contributed by atoms with Crippen LogP contribution in [-0.2, 0) is 4.79 Å². The van der Waals surface area contributed by atoms with Crippen molar-refractivity contribution in [3.8, 4) is 0 Å². The summed E-state index contributed by atoms with van der Waals surface area (Å²) >= 11 is 7.62. The van der Waals surface area contributed by atoms with Gasteiger partial charge in [0.2, 0.25) is 0 Å². The van der Waals surface area contributed by atoms with Crippen molar-refractivity contribution >= 4 is 29.1 Å². The second-order valence-corrected chi connectivity index (χ2v) is 6.05. The van der Waals surface area contributed by atoms with E-state index >= 15 is 0 Å². The number of thioether (sulfide) groups is 1. The summed E-state index contributed by atoms with van der Waals surface area (Å²) in [5.41, 5.74) is 0. The molecule has 0 spiro atoms. The van der Waals surface area contributed by atoms with Crippen molar-refractivity contribution in [3.05, 3.63) is 29.3 Å². The summed E-state index contributed by atoms with van der Waals surface area (Å²) in [5, 5.41) is 1.19. The zero-order chi connectivity index (χ0) is 12.1. The molecule has 2 unspecified atom stereocenters. The van der Waals surface area contributed by atoms with Gasteiger partial charge in [0.15, 0.2) is 0 Å². The van der Waals surface area contributed by atoms with Crippen LogP contribution in [0.25, 0.3) is 0 Å². The summed E-state index contributed by atoms with van der Waals surface area (Å²) in [4.78, 5) is 12.2. The third kappa shape index (κ3) is 4.58. The maximum absolute atomic E-state index is 11.0. The second-order valence-electron chi connectivity index (χ2n) is 4.16. The maximum atomic E-state index is 11.0. The third-order valence-electron chi connectivity index (χ3n) is 2.55. The second kappa shape index (κ2) is 6.31. The number of halogens is 1. The van der Waals surface area contributed by atoms with Gasteiger partial charge < -0.3 is 4.79 Å². The molecule has 0 N–H and O–H groups in total. The fourth-order valence-corrected chi connectivity index (χ4v) is 2.64. The number of benzene rings is 1. The summed E-state index contributed by atoms with van der Waals surface area (Å²) in [6.07, 6.45) is 0.655. The predicted octanol–water partition coefficient (Wildman–Crippen LogP) is 4.44. The average Bonchev–Trinajstić information content (AvgIpc) is 2.20. The molecule has 0 fully saturated rings. The van der Waals surface area contributed by atoms with Crippen LogP contribution < -0.4 is 0 Å². The van der Waals surface area contributed by atoms with Crippen LogP contribution in [0.2, 0.25) is 5.02 Å². The predicted molar refractivity (Wildman–Crippen MR) is 71.2 cm³/mol. The van der Waals surface area contributed by atoms with Gasteiger partial charge in [-0.2, -0.15) is 0 Å². The van der Waals surface area contributed by atoms with Gasteiger partial charge >= 0.3 is 0 Å². The Morgan fingerprint density at radius 2 is 1.88 bits per heavy atom. The Hall–Kier alpha value is -0.470. The maximum Gasteiger partial charge on any atom is 0.130 e. The summed E-state index contributed by atoms with van der Waals surface area (Å²) in [6, 6.07) is 7.83. The molecule has 0 heterocycles. The lowest BCUT2D eigenvalue weighted by atomic mass is 10.0. The molecule has 0 aliphatic heterocycles. The standard InChI is InChI=1S/C13H17ClOS/c1-9(8-10(2)15)11(3)16-13-6-4-12(14)5-7-13/h4-7,9,11H,8H2,1-3H3. The van der Waals surface area contributed by atoms with Crippen molar-refractivity contribution in [2.45, 2.75) is 37.3 Å². The van der Waals surface area contributed by atoms with E-state index in [9.17, 15) is 4.79 Å². The van der Waals surface area contributed by atoms with Crippen LogP contribution in [0, 0.1) is 5.92 Å². The van der Waals surface area contributed by atoms with E-state index in [0.717, 1.165) is 5.02 Å². The Balaban J connectivity index is 2.53. The van der Waals surface area contributed by atoms with Gasteiger partial charge in [-0.15, -0.1) is 11.8 Å². The van der Waals surface area contributed by atoms with E-state index in [1.165, 1.54) is 4.90 Å². The van der Waals surface area contributed by atoms with Crippen molar-refractivity contribution in [1.82, 2.24) is 0 Å². The molecular formula is C13H17ClOS. The molecule has 3 heteroatoms. The monoisotopic (exact) mass is 256 g/mol. The first-order valence-corrected chi connectivity index (χ1v) is 6.66. The highest BCUT2D eigenvalue weighted by Crippen LogP contribution is 2.30. The molecule has 88 valence electrons. The Labute approximate surface area is 107 Å². The minimum atomic E-state index is 0.260. The summed E-state index contributed by atoms with van der Waals surface area (Å²) in [6.45, 7) is 5.93. The van der Waals surface area contributed by atoms with E-state index in [-0.39, 0.29) is 5.78 Å². The minimum Gasteiger partial charge on any atom is -0.300 e. The molecule has 1 nitrogen and oxygen atoms in total. The molecule has 16 heavy (non-hydrogen) atoms. The van der Waals surface area contributed by atoms with Crippen LogP contribution in [-0.4, -0.2) is 11.0 Å². The Bertz CT molecular complexity index is 347. The van der Waals surface area contributed by atoms with Gasteiger partial charge in [0, 0.05) is 21.6 Å². The molecule has 0 aliphatic rings. The Morgan fingerprint density at radius 3 is 2.38 bits per heavy atom. The van der Waals surface area contributed by atoms with Crippen molar-refractivity contribution in [1.29, 1.82) is 0 Å². The minimum absolute atomic E-state index is 0.260. The number of carbonyl (C=O) groups excluding carboxylic acids is 1. The zero-order valence-corrected chi connectivity index (χ0v) is 11.4. The van der Waals surface area contributed by atoms with Crippen molar-refractivity contribution in [3.63, 3.8) is 0 Å². The highest BCUT2D eigenvalue weighted by Gasteiger charge is 2.15. The third-order valence-corrected chi connectivity index (χ3v) is 4.18. The lowest BCUT2D eigenvalue weighted by Crippen LogP contribution is -2.13. The first-order chi connectivity index (χ1) is 7.49. The van der Waals surface area contributed by atoms with Crippen LogP contribution in [0.4, 0.5) is 0 Å². The highest BCUT2D eigenvalue weighted by atomic mass is 35.5. The van der Waals surface area contributed by atoms with Crippen LogP contribution in [0.5, 0.6) is 0 Å². The first-order valence-electron chi connectivity index (χ1n) is 5.40. The first kappa shape index (κ1) is 13.6. The molecule has 0 saturated carbocycles. The number of hydrogen-bond donors (Lipinski definition) is 0. The number of rotatable bonds is 5. The number of ketones is 1. The van der Waals surface area contributed by atoms with E-state index in [1.807, 2.05) is 24.3 Å². The van der Waals surface area contributed by atoms with Crippen molar-refractivity contribution in [2.75, 3.05) is 0 Å². The Morgan fingerprint density at radius 1 is 1.31 bits per heavy atom. The summed E-state index contributed by atoms with van der Waals surface area (Å²) in [7, 11) is 0. The molecular weight excluding hydrogens is 240 g/mol. The molecule has 0 aromatic heterocycles. The quantitative estimate of drug-likeness (QED) is 0.725. The molecule has 2 atom stereocenters. The molecule has 0 saturated heterocycles. The average molecular weight is 257 g/mol. The van der Waals surface area contributed by atoms with E-state index in [0.29, 0.717) is 17.6 Å². The highest BCUT2D eigenvalue weighted by molar-refractivity contribution is 8.00. The Kier molecular flexibility index (Phi) is 5.36. The molecule has 1 aromatic rings. The SMILES string of the molecule is CC(=O)CC(C)C(C)Sc1ccc(Cl)cc1. The van der Waals surface area contributed by atoms with E-state index in [2.05, 4.69) is 13.8 Å². The molecule has 0 amide bonds. The van der Waals surface area contributed by atoms with Gasteiger partial charge in [0.1, 0.15) is 5.78 Å². The summed E-state index contributed by atoms with van der Waals surface area (Å²) in [5.74, 6) is 0.661. The lowest BCUT2D eigenvalue weighted by Gasteiger charge is -2.18. The van der Waals surface area contributed by atoms with Crippen LogP contribution in [0.15, 0.2) is 29.2 Å². The van der Waals surface area contributed by atoms with Gasteiger partial charge in [0.05, 0.1) is 0 Å². The molecule has 0 radical (unpaired) electrons. The van der Waals surface area contributed by atoms with Crippen LogP contribution in [0.3, 0.4) is 0 Å². The number of Topliss-reactive ketones (excluding diaryl/α,β-unsaturated/α-hetero) is 1. The number of hydrogen-bond acceptors (Lipinski definition) is 2. The molecule has 0 aliphatic carbocycles. The molecule has 1 aromatic carbocycles. The summed E-state index contributed by atoms with van der Waals surface area (Å²) < 4.78 is 0. The fraction of sp³-hybridized carbons (Fsp3) is 0.462. The van der Waals surface area contributed by atoms with Gasteiger partial charge in [0.25, 0.3) is 0 Å². The van der Waals surface area contributed by atoms with Gasteiger partial charge in [-0.05, 0) is 37.1 Å². The smallest absolute Gasteiger partial charge is 0.130 e. The van der Waals surface area contributed by atoms with E-state index in [1.54, 1.807) is 18.7 Å². The van der Waals surface area contributed by atoms with Gasteiger partial charge in [-0.25, -0.2) is 0 Å². The fourth-order valence-electron chi connectivity index (χ4n) is 1.46. The van der Waals surface area contributed by atoms with Gasteiger partial charge in [-0.3, -0.25) is 0 Å². The number of carbonyl (C=O) groups is 1. The van der Waals surface area contributed by atoms with Crippen molar-refractivity contribution in [2.24, 2.45) is 5.92 Å². The lowest BCUT2D eigenvalue weighted by molar-refractivity contribution is -0.117. The zero-order valence-electron chi connectivity index (χ0n) is 9.87. The van der Waals surface area contributed by atoms with E-state index in [4.69, 9.17) is 11.6 Å². The largest absolute Gasteiger partial charge is 0.300 e. The van der Waals surface area contributed by atoms with E-state index < -0.39 is 0 Å². The normalized spacial score (nSPS) is 14.5. The molecule has 1 rings (SSSR count). The van der Waals surface area contributed by atoms with Crippen molar-refractivity contribution < 1.29 is 4.79 Å². The van der Waals surface area contributed by atoms with Crippen LogP contribution in [0.1, 0.15) is 27.2 Å². The van der Waals surface area contributed by atoms with Crippen LogP contribution >= 0.6 is 23.4 Å². The molecule has 0 bridgehead atoms. The topological polar surface area (TPSA) is 17.1 Å².